The molecular formula is C33H47N3O10S. The van der Waals surface area contributed by atoms with E-state index in [9.17, 15) is 23.1 Å². The van der Waals surface area contributed by atoms with Crippen LogP contribution in [-0.4, -0.2) is 89.1 Å². The van der Waals surface area contributed by atoms with Gasteiger partial charge in [0.25, 0.3) is 0 Å². The maximum Gasteiger partial charge on any atom is 0.407 e. The van der Waals surface area contributed by atoms with Gasteiger partial charge in [0.1, 0.15) is 18.0 Å². The van der Waals surface area contributed by atoms with Crippen molar-refractivity contribution in [1.29, 1.82) is 0 Å². The summed E-state index contributed by atoms with van der Waals surface area (Å²) in [5.74, 6) is 0.333. The lowest BCUT2D eigenvalue weighted by Gasteiger charge is -2.42. The monoisotopic (exact) mass is 677 g/mol. The molecule has 2 heterocycles. The molecule has 260 valence electrons. The van der Waals surface area contributed by atoms with E-state index in [2.05, 4.69) is 15.4 Å². The van der Waals surface area contributed by atoms with Gasteiger partial charge in [-0.2, -0.15) is 0 Å². The van der Waals surface area contributed by atoms with Gasteiger partial charge in [-0.25, -0.2) is 18.0 Å². The van der Waals surface area contributed by atoms with Gasteiger partial charge < -0.3 is 45.2 Å². The molecule has 0 aromatic heterocycles. The van der Waals surface area contributed by atoms with Crippen molar-refractivity contribution in [1.82, 2.24) is 10.6 Å². The normalized spacial score (nSPS) is 22.0. The molecule has 2 aromatic rings. The molecular weight excluding hydrogens is 630 g/mol. The first kappa shape index (κ1) is 36.4. The molecule has 6 atom stereocenters. The number of hydrogen-bond donors (Lipinski definition) is 4. The number of rotatable bonds is 15. The first-order valence-electron chi connectivity index (χ1n) is 15.7. The second kappa shape index (κ2) is 15.6. The van der Waals surface area contributed by atoms with Gasteiger partial charge in [0.15, 0.2) is 21.0 Å². The van der Waals surface area contributed by atoms with Crippen molar-refractivity contribution in [3.05, 3.63) is 60.2 Å². The average Bonchev–Trinajstić information content (AvgIpc) is 3.67. The molecule has 13 nitrogen and oxygen atoms in total. The van der Waals surface area contributed by atoms with Crippen molar-refractivity contribution in [2.45, 2.75) is 80.3 Å². The number of benzene rings is 2. The van der Waals surface area contributed by atoms with Gasteiger partial charge in [-0.1, -0.05) is 44.2 Å². The minimum absolute atomic E-state index is 0.0635. The largest absolute Gasteiger partial charge is 0.497 e. The smallest absolute Gasteiger partial charge is 0.407 e. The third kappa shape index (κ3) is 8.93. The fourth-order valence-electron chi connectivity index (χ4n) is 6.32. The molecule has 2 fully saturated rings. The van der Waals surface area contributed by atoms with E-state index in [1.807, 2.05) is 44.2 Å². The van der Waals surface area contributed by atoms with Crippen LogP contribution in [0.25, 0.3) is 0 Å². The quantitative estimate of drug-likeness (QED) is 0.203. The van der Waals surface area contributed by atoms with Crippen molar-refractivity contribution < 1.29 is 46.8 Å². The fraction of sp³-hybridized carbons (Fsp3) is 0.576. The van der Waals surface area contributed by atoms with Crippen LogP contribution in [0.15, 0.2) is 59.5 Å². The van der Waals surface area contributed by atoms with Gasteiger partial charge >= 0.3 is 12.2 Å². The van der Waals surface area contributed by atoms with Crippen molar-refractivity contribution in [3.8, 4) is 5.75 Å². The molecule has 2 aliphatic rings. The van der Waals surface area contributed by atoms with Gasteiger partial charge in [-0.15, -0.1) is 0 Å². The highest BCUT2D eigenvalue weighted by Gasteiger charge is 2.53. The van der Waals surface area contributed by atoms with E-state index in [4.69, 9.17) is 24.7 Å². The molecule has 47 heavy (non-hydrogen) atoms. The SMILES string of the molecule is COC(=O)NCCCC(C)(C)CC(N)([C@H](O)[C@H](Cc1ccccc1)NC(=O)O[C@H]1CO[C@H]2OCC[C@H]21)S(=O)(=O)c1ccc(OC)cc1. The van der Waals surface area contributed by atoms with Crippen LogP contribution in [0.5, 0.6) is 5.75 Å². The van der Waals surface area contributed by atoms with Crippen LogP contribution >= 0.6 is 0 Å². The third-order valence-electron chi connectivity index (χ3n) is 8.84. The van der Waals surface area contributed by atoms with Gasteiger partial charge in [0.05, 0.1) is 44.3 Å². The Morgan fingerprint density at radius 1 is 1.06 bits per heavy atom. The summed E-state index contributed by atoms with van der Waals surface area (Å²) in [4.78, 5) is 22.5. The summed E-state index contributed by atoms with van der Waals surface area (Å²) in [6, 6.07) is 13.7. The fourth-order valence-corrected chi connectivity index (χ4v) is 8.32. The minimum Gasteiger partial charge on any atom is -0.497 e. The molecule has 2 saturated heterocycles. The molecule has 0 saturated carbocycles. The second-order valence-electron chi connectivity index (χ2n) is 12.9. The molecule has 2 aliphatic heterocycles. The van der Waals surface area contributed by atoms with E-state index in [0.717, 1.165) is 5.56 Å². The number of aliphatic hydroxyl groups excluding tert-OH is 1. The molecule has 1 unspecified atom stereocenters. The Morgan fingerprint density at radius 3 is 2.43 bits per heavy atom. The van der Waals surface area contributed by atoms with E-state index in [1.165, 1.54) is 38.5 Å². The maximum atomic E-state index is 14.5. The lowest BCUT2D eigenvalue weighted by Crippen LogP contribution is -2.65. The van der Waals surface area contributed by atoms with Crippen LogP contribution in [0.1, 0.15) is 45.1 Å². The van der Waals surface area contributed by atoms with Crippen LogP contribution in [0.2, 0.25) is 0 Å². The number of nitrogens with two attached hydrogens (primary N) is 1. The number of carbonyl (C=O) groups excluding carboxylic acids is 2. The van der Waals surface area contributed by atoms with Gasteiger partial charge in [-0.3, -0.25) is 0 Å². The van der Waals surface area contributed by atoms with E-state index in [-0.39, 0.29) is 30.3 Å². The third-order valence-corrected chi connectivity index (χ3v) is 11.1. The summed E-state index contributed by atoms with van der Waals surface area (Å²) >= 11 is 0. The second-order valence-corrected chi connectivity index (χ2v) is 15.1. The molecule has 4 rings (SSSR count). The number of sulfone groups is 1. The number of hydrogen-bond acceptors (Lipinski definition) is 11. The zero-order valence-corrected chi connectivity index (χ0v) is 28.2. The number of ether oxygens (including phenoxy) is 5. The number of alkyl carbamates (subject to hydrolysis) is 2. The van der Waals surface area contributed by atoms with Crippen molar-refractivity contribution in [3.63, 3.8) is 0 Å². The van der Waals surface area contributed by atoms with Crippen molar-refractivity contribution in [2.24, 2.45) is 17.1 Å². The number of methoxy groups -OCH3 is 2. The summed E-state index contributed by atoms with van der Waals surface area (Å²) in [6.07, 6.45) is -2.70. The van der Waals surface area contributed by atoms with Crippen LogP contribution in [0, 0.1) is 11.3 Å². The molecule has 0 aliphatic carbocycles. The molecule has 14 heteroatoms. The van der Waals surface area contributed by atoms with Gasteiger partial charge in [-0.05, 0) is 67.3 Å². The van der Waals surface area contributed by atoms with Gasteiger partial charge in [0.2, 0.25) is 0 Å². The van der Waals surface area contributed by atoms with E-state index < -0.39 is 56.8 Å². The number of amides is 2. The Kier molecular flexibility index (Phi) is 12.1. The van der Waals surface area contributed by atoms with E-state index >= 15 is 0 Å². The zero-order chi connectivity index (χ0) is 34.2. The number of nitrogens with one attached hydrogen (secondary N) is 2. The molecule has 2 amide bonds. The van der Waals surface area contributed by atoms with Crippen LogP contribution in [-0.2, 0) is 35.2 Å². The summed E-state index contributed by atoms with van der Waals surface area (Å²) in [5, 5.41) is 17.5. The first-order valence-corrected chi connectivity index (χ1v) is 17.2. The lowest BCUT2D eigenvalue weighted by molar-refractivity contribution is -0.0907. The summed E-state index contributed by atoms with van der Waals surface area (Å²) < 4.78 is 55.7. The Balaban J connectivity index is 1.65. The number of fused-ring (bicyclic) bond motifs is 1. The Bertz CT molecular complexity index is 1440. The van der Waals surface area contributed by atoms with Crippen LogP contribution in [0.3, 0.4) is 0 Å². The predicted molar refractivity (Wildman–Crippen MR) is 172 cm³/mol. The standard InChI is InChI=1S/C33H47N3O10S/c1-32(2,16-8-17-35-30(38)43-4)21-33(34,47(40,41)24-13-11-23(42-3)12-14-24)28(37)26(19-22-9-6-5-7-10-22)36-31(39)46-27-20-45-29-25(27)15-18-44-29/h5-7,9-14,25-29,37H,8,15-21,34H2,1-4H3,(H,35,38)(H,36,39)/t25-,26-,27-,28+,29+,33?/m0/s1. The van der Waals surface area contributed by atoms with E-state index in [0.29, 0.717) is 38.2 Å². The topological polar surface area (TPSA) is 185 Å². The molecule has 0 spiro atoms. The number of carbonyl (C=O) groups is 2. The lowest BCUT2D eigenvalue weighted by atomic mass is 9.78. The Hall–Kier alpha value is -3.43. The highest BCUT2D eigenvalue weighted by molar-refractivity contribution is 7.92. The predicted octanol–water partition coefficient (Wildman–Crippen LogP) is 3.14. The zero-order valence-electron chi connectivity index (χ0n) is 27.3. The Morgan fingerprint density at radius 2 is 1.77 bits per heavy atom. The maximum absolute atomic E-state index is 14.5. The summed E-state index contributed by atoms with van der Waals surface area (Å²) in [7, 11) is -1.72. The summed E-state index contributed by atoms with van der Waals surface area (Å²) in [5.41, 5.74) is 6.95. The average molecular weight is 678 g/mol. The van der Waals surface area contributed by atoms with Crippen LogP contribution < -0.4 is 21.1 Å². The highest BCUT2D eigenvalue weighted by atomic mass is 32.2. The first-order chi connectivity index (χ1) is 22.3. The molecule has 0 bridgehead atoms. The van der Waals surface area contributed by atoms with Crippen molar-refractivity contribution >= 4 is 22.0 Å². The van der Waals surface area contributed by atoms with E-state index in [1.54, 1.807) is 0 Å². The Labute approximate surface area is 276 Å². The van der Waals surface area contributed by atoms with Crippen molar-refractivity contribution in [2.75, 3.05) is 34.0 Å². The molecule has 5 N–H and O–H groups in total. The summed E-state index contributed by atoms with van der Waals surface area (Å²) in [6.45, 7) is 4.65. The molecule has 0 radical (unpaired) electrons. The van der Waals surface area contributed by atoms with Gasteiger partial charge in [0, 0.05) is 6.54 Å². The molecule has 2 aromatic carbocycles. The number of aliphatic hydroxyl groups is 1. The minimum atomic E-state index is -4.46. The van der Waals surface area contributed by atoms with Crippen LogP contribution in [0.4, 0.5) is 9.59 Å². The highest BCUT2D eigenvalue weighted by Crippen LogP contribution is 2.40.